The van der Waals surface area contributed by atoms with Crippen LogP contribution in [0.1, 0.15) is 12.8 Å². The summed E-state index contributed by atoms with van der Waals surface area (Å²) in [6.45, 7) is 1.49. The predicted molar refractivity (Wildman–Crippen MR) is 61.5 cm³/mol. The fraction of sp³-hybridized carbons (Fsp3) is 0.727. The lowest BCUT2D eigenvalue weighted by molar-refractivity contribution is 0.0329. The van der Waals surface area contributed by atoms with Crippen molar-refractivity contribution in [2.45, 2.75) is 31.5 Å². The SMILES string of the molecule is COCCn1cc(NC2CC(OC)C2)cn1. The Labute approximate surface area is 95.7 Å². The van der Waals surface area contributed by atoms with Gasteiger partial charge in [-0.3, -0.25) is 4.68 Å². The van der Waals surface area contributed by atoms with E-state index in [4.69, 9.17) is 9.47 Å². The molecule has 0 atom stereocenters. The molecule has 5 nitrogen and oxygen atoms in total. The number of methoxy groups -OCH3 is 2. The van der Waals surface area contributed by atoms with E-state index in [-0.39, 0.29) is 0 Å². The molecule has 1 aromatic rings. The zero-order valence-electron chi connectivity index (χ0n) is 9.85. The highest BCUT2D eigenvalue weighted by atomic mass is 16.5. The second-order valence-electron chi connectivity index (χ2n) is 4.16. The van der Waals surface area contributed by atoms with Gasteiger partial charge in [-0.05, 0) is 12.8 Å². The lowest BCUT2D eigenvalue weighted by Crippen LogP contribution is -2.40. The smallest absolute Gasteiger partial charge is 0.0728 e. The van der Waals surface area contributed by atoms with Crippen LogP contribution in [-0.4, -0.2) is 42.8 Å². The van der Waals surface area contributed by atoms with Gasteiger partial charge in [0.1, 0.15) is 0 Å². The van der Waals surface area contributed by atoms with Gasteiger partial charge in [0, 0.05) is 26.5 Å². The highest BCUT2D eigenvalue weighted by molar-refractivity contribution is 5.40. The van der Waals surface area contributed by atoms with Gasteiger partial charge in [0.15, 0.2) is 0 Å². The van der Waals surface area contributed by atoms with E-state index in [0.29, 0.717) is 18.8 Å². The van der Waals surface area contributed by atoms with E-state index in [1.165, 1.54) is 0 Å². The molecule has 1 aliphatic rings. The largest absolute Gasteiger partial charge is 0.383 e. The van der Waals surface area contributed by atoms with Crippen molar-refractivity contribution >= 4 is 5.69 Å². The molecule has 1 N–H and O–H groups in total. The lowest BCUT2D eigenvalue weighted by atomic mass is 9.89. The van der Waals surface area contributed by atoms with Gasteiger partial charge in [0.25, 0.3) is 0 Å². The fourth-order valence-corrected chi connectivity index (χ4v) is 1.86. The number of nitrogens with one attached hydrogen (secondary N) is 1. The lowest BCUT2D eigenvalue weighted by Gasteiger charge is -2.34. The molecule has 0 aromatic carbocycles. The Bertz CT molecular complexity index is 321. The minimum atomic E-state index is 0.432. The second-order valence-corrected chi connectivity index (χ2v) is 4.16. The Balaban J connectivity index is 1.75. The van der Waals surface area contributed by atoms with E-state index in [0.717, 1.165) is 25.1 Å². The highest BCUT2D eigenvalue weighted by Gasteiger charge is 2.28. The van der Waals surface area contributed by atoms with Crippen molar-refractivity contribution in [2.75, 3.05) is 26.1 Å². The summed E-state index contributed by atoms with van der Waals surface area (Å²) in [5, 5.41) is 7.68. The Morgan fingerprint density at radius 3 is 3.00 bits per heavy atom. The molecule has 0 amide bonds. The van der Waals surface area contributed by atoms with Gasteiger partial charge in [0.2, 0.25) is 0 Å². The Morgan fingerprint density at radius 1 is 1.50 bits per heavy atom. The maximum Gasteiger partial charge on any atom is 0.0728 e. The van der Waals surface area contributed by atoms with E-state index in [1.54, 1.807) is 14.2 Å². The standard InChI is InChI=1S/C11H19N3O2/c1-15-4-3-14-8-10(7-12-14)13-9-5-11(6-9)16-2/h7-9,11,13H,3-6H2,1-2H3. The fourth-order valence-electron chi connectivity index (χ4n) is 1.86. The van der Waals surface area contributed by atoms with Gasteiger partial charge >= 0.3 is 0 Å². The average Bonchev–Trinajstić information content (AvgIpc) is 2.67. The molecule has 0 saturated heterocycles. The van der Waals surface area contributed by atoms with Gasteiger partial charge in [0.05, 0.1) is 31.1 Å². The molecular weight excluding hydrogens is 206 g/mol. The third kappa shape index (κ3) is 2.74. The average molecular weight is 225 g/mol. The Kier molecular flexibility index (Phi) is 3.79. The summed E-state index contributed by atoms with van der Waals surface area (Å²) >= 11 is 0. The molecule has 1 heterocycles. The number of rotatable bonds is 6. The van der Waals surface area contributed by atoms with Crippen molar-refractivity contribution in [3.05, 3.63) is 12.4 Å². The molecule has 1 aliphatic carbocycles. The van der Waals surface area contributed by atoms with Crippen LogP contribution in [0.3, 0.4) is 0 Å². The molecular formula is C11H19N3O2. The molecule has 1 aromatic heterocycles. The van der Waals surface area contributed by atoms with Crippen LogP contribution < -0.4 is 5.32 Å². The van der Waals surface area contributed by atoms with Gasteiger partial charge in [-0.25, -0.2) is 0 Å². The third-order valence-corrected chi connectivity index (χ3v) is 2.96. The van der Waals surface area contributed by atoms with E-state index in [9.17, 15) is 0 Å². The van der Waals surface area contributed by atoms with Gasteiger partial charge in [-0.1, -0.05) is 0 Å². The predicted octanol–water partition coefficient (Wildman–Crippen LogP) is 1.12. The van der Waals surface area contributed by atoms with Crippen LogP contribution in [0, 0.1) is 0 Å². The van der Waals surface area contributed by atoms with Crippen LogP contribution in [0.4, 0.5) is 5.69 Å². The van der Waals surface area contributed by atoms with Crippen LogP contribution in [-0.2, 0) is 16.0 Å². The van der Waals surface area contributed by atoms with Gasteiger partial charge < -0.3 is 14.8 Å². The molecule has 1 fully saturated rings. The molecule has 0 bridgehead atoms. The van der Waals surface area contributed by atoms with Crippen molar-refractivity contribution < 1.29 is 9.47 Å². The van der Waals surface area contributed by atoms with Crippen LogP contribution in [0.2, 0.25) is 0 Å². The monoisotopic (exact) mass is 225 g/mol. The molecule has 0 spiro atoms. The number of anilines is 1. The Morgan fingerprint density at radius 2 is 2.31 bits per heavy atom. The molecule has 5 heteroatoms. The maximum absolute atomic E-state index is 5.24. The summed E-state index contributed by atoms with van der Waals surface area (Å²) in [4.78, 5) is 0. The van der Waals surface area contributed by atoms with Gasteiger partial charge in [-0.15, -0.1) is 0 Å². The number of hydrogen-bond acceptors (Lipinski definition) is 4. The number of hydrogen-bond donors (Lipinski definition) is 1. The normalized spacial score (nSPS) is 24.1. The van der Waals surface area contributed by atoms with Crippen LogP contribution in [0.25, 0.3) is 0 Å². The summed E-state index contributed by atoms with van der Waals surface area (Å²) < 4.78 is 12.1. The molecule has 0 radical (unpaired) electrons. The van der Waals surface area contributed by atoms with Crippen molar-refractivity contribution in [2.24, 2.45) is 0 Å². The summed E-state index contributed by atoms with van der Waals surface area (Å²) in [6.07, 6.45) is 6.47. The van der Waals surface area contributed by atoms with E-state index in [2.05, 4.69) is 10.4 Å². The summed E-state index contributed by atoms with van der Waals surface area (Å²) in [5.74, 6) is 0. The maximum atomic E-state index is 5.24. The minimum Gasteiger partial charge on any atom is -0.383 e. The van der Waals surface area contributed by atoms with Crippen molar-refractivity contribution in [1.82, 2.24) is 9.78 Å². The van der Waals surface area contributed by atoms with Crippen LogP contribution in [0.15, 0.2) is 12.4 Å². The van der Waals surface area contributed by atoms with Crippen molar-refractivity contribution in [3.8, 4) is 0 Å². The first kappa shape index (κ1) is 11.4. The molecule has 2 rings (SSSR count). The van der Waals surface area contributed by atoms with Gasteiger partial charge in [-0.2, -0.15) is 5.10 Å². The zero-order chi connectivity index (χ0) is 11.4. The first-order valence-electron chi connectivity index (χ1n) is 5.62. The third-order valence-electron chi connectivity index (χ3n) is 2.96. The summed E-state index contributed by atoms with van der Waals surface area (Å²) in [6, 6.07) is 0.532. The highest BCUT2D eigenvalue weighted by Crippen LogP contribution is 2.25. The second kappa shape index (κ2) is 5.32. The van der Waals surface area contributed by atoms with E-state index >= 15 is 0 Å². The number of nitrogens with zero attached hydrogens (tertiary/aromatic N) is 2. The quantitative estimate of drug-likeness (QED) is 0.788. The summed E-state index contributed by atoms with van der Waals surface area (Å²) in [5.41, 5.74) is 1.08. The van der Waals surface area contributed by atoms with Crippen LogP contribution >= 0.6 is 0 Å². The minimum absolute atomic E-state index is 0.432. The zero-order valence-corrected chi connectivity index (χ0v) is 9.85. The molecule has 0 unspecified atom stereocenters. The van der Waals surface area contributed by atoms with Crippen LogP contribution in [0.5, 0.6) is 0 Å². The topological polar surface area (TPSA) is 48.3 Å². The molecule has 16 heavy (non-hydrogen) atoms. The molecule has 0 aliphatic heterocycles. The first-order chi connectivity index (χ1) is 7.81. The van der Waals surface area contributed by atoms with Crippen molar-refractivity contribution in [3.63, 3.8) is 0 Å². The number of aromatic nitrogens is 2. The molecule has 90 valence electrons. The number of ether oxygens (including phenoxy) is 2. The van der Waals surface area contributed by atoms with E-state index < -0.39 is 0 Å². The Hall–Kier alpha value is -1.07. The molecule has 1 saturated carbocycles. The first-order valence-corrected chi connectivity index (χ1v) is 5.62. The van der Waals surface area contributed by atoms with Crippen molar-refractivity contribution in [1.29, 1.82) is 0 Å². The van der Waals surface area contributed by atoms with E-state index in [1.807, 2.05) is 17.1 Å². The summed E-state index contributed by atoms with van der Waals surface area (Å²) in [7, 11) is 3.46.